The Labute approximate surface area is 91.3 Å². The summed E-state index contributed by atoms with van der Waals surface area (Å²) in [4.78, 5) is 11.5. The summed E-state index contributed by atoms with van der Waals surface area (Å²) in [6.07, 6.45) is 1.13. The van der Waals surface area contributed by atoms with Crippen molar-refractivity contribution in [2.45, 2.75) is 45.1 Å². The van der Waals surface area contributed by atoms with Crippen molar-refractivity contribution in [3.63, 3.8) is 0 Å². The SMILES string of the molecule is CCC[C@H](N)C(=O)NC(C)C(OC)OC. The first-order valence-electron chi connectivity index (χ1n) is 5.18. The van der Waals surface area contributed by atoms with E-state index < -0.39 is 12.3 Å². The monoisotopic (exact) mass is 218 g/mol. The lowest BCUT2D eigenvalue weighted by Crippen LogP contribution is -2.49. The van der Waals surface area contributed by atoms with E-state index in [0.29, 0.717) is 6.42 Å². The molecule has 0 bridgehead atoms. The number of nitrogens with one attached hydrogen (secondary N) is 1. The van der Waals surface area contributed by atoms with E-state index in [1.165, 1.54) is 14.2 Å². The van der Waals surface area contributed by atoms with Gasteiger partial charge in [0.25, 0.3) is 0 Å². The molecular formula is C10H22N2O3. The van der Waals surface area contributed by atoms with Crippen LogP contribution in [0.3, 0.4) is 0 Å². The first-order valence-corrected chi connectivity index (χ1v) is 5.18. The van der Waals surface area contributed by atoms with Crippen molar-refractivity contribution in [2.75, 3.05) is 14.2 Å². The molecule has 5 nitrogen and oxygen atoms in total. The van der Waals surface area contributed by atoms with Crippen LogP contribution in [0.15, 0.2) is 0 Å². The average Bonchev–Trinajstić information content (AvgIpc) is 2.19. The second-order valence-corrected chi connectivity index (χ2v) is 3.53. The van der Waals surface area contributed by atoms with Crippen molar-refractivity contribution < 1.29 is 14.3 Å². The molecule has 90 valence electrons. The molecule has 0 aromatic heterocycles. The second-order valence-electron chi connectivity index (χ2n) is 3.53. The van der Waals surface area contributed by atoms with E-state index in [9.17, 15) is 4.79 Å². The van der Waals surface area contributed by atoms with Gasteiger partial charge in [0.1, 0.15) is 0 Å². The average molecular weight is 218 g/mol. The highest BCUT2D eigenvalue weighted by Crippen LogP contribution is 2.00. The van der Waals surface area contributed by atoms with E-state index in [-0.39, 0.29) is 11.9 Å². The lowest BCUT2D eigenvalue weighted by molar-refractivity contribution is -0.136. The van der Waals surface area contributed by atoms with Gasteiger partial charge in [0.05, 0.1) is 12.1 Å². The van der Waals surface area contributed by atoms with Crippen molar-refractivity contribution in [1.82, 2.24) is 5.32 Å². The number of methoxy groups -OCH3 is 2. The summed E-state index contributed by atoms with van der Waals surface area (Å²) in [7, 11) is 3.06. The van der Waals surface area contributed by atoms with Crippen LogP contribution in [-0.2, 0) is 14.3 Å². The van der Waals surface area contributed by atoms with Crippen LogP contribution >= 0.6 is 0 Å². The van der Waals surface area contributed by atoms with Crippen molar-refractivity contribution in [3.8, 4) is 0 Å². The maximum absolute atomic E-state index is 11.5. The first-order chi connectivity index (χ1) is 7.06. The van der Waals surface area contributed by atoms with Crippen LogP contribution in [0.25, 0.3) is 0 Å². The van der Waals surface area contributed by atoms with Crippen LogP contribution in [-0.4, -0.2) is 38.5 Å². The summed E-state index contributed by atoms with van der Waals surface area (Å²) in [6, 6.07) is -0.665. The first kappa shape index (κ1) is 14.3. The fraction of sp³-hybridized carbons (Fsp3) is 0.900. The zero-order valence-electron chi connectivity index (χ0n) is 9.95. The Morgan fingerprint density at radius 2 is 1.93 bits per heavy atom. The van der Waals surface area contributed by atoms with Gasteiger partial charge < -0.3 is 20.5 Å². The predicted molar refractivity (Wildman–Crippen MR) is 58.3 cm³/mol. The molecule has 0 saturated carbocycles. The molecular weight excluding hydrogens is 196 g/mol. The smallest absolute Gasteiger partial charge is 0.237 e. The van der Waals surface area contributed by atoms with E-state index in [4.69, 9.17) is 15.2 Å². The zero-order valence-corrected chi connectivity index (χ0v) is 9.95. The molecule has 0 radical (unpaired) electrons. The van der Waals surface area contributed by atoms with E-state index in [1.54, 1.807) is 0 Å². The number of carbonyl (C=O) groups is 1. The molecule has 0 heterocycles. The van der Waals surface area contributed by atoms with Gasteiger partial charge >= 0.3 is 0 Å². The van der Waals surface area contributed by atoms with Gasteiger partial charge in [-0.05, 0) is 13.3 Å². The van der Waals surface area contributed by atoms with Crippen molar-refractivity contribution >= 4 is 5.91 Å². The molecule has 0 fully saturated rings. The molecule has 1 unspecified atom stereocenters. The number of nitrogens with two attached hydrogens (primary N) is 1. The van der Waals surface area contributed by atoms with Crippen molar-refractivity contribution in [1.29, 1.82) is 0 Å². The summed E-state index contributed by atoms with van der Waals surface area (Å²) >= 11 is 0. The van der Waals surface area contributed by atoms with Gasteiger partial charge in [0, 0.05) is 14.2 Å². The topological polar surface area (TPSA) is 73.6 Å². The minimum atomic E-state index is -0.452. The Morgan fingerprint density at radius 1 is 1.40 bits per heavy atom. The summed E-state index contributed by atoms with van der Waals surface area (Å²) < 4.78 is 10.0. The van der Waals surface area contributed by atoms with Gasteiger partial charge in [-0.3, -0.25) is 4.79 Å². The molecule has 0 aliphatic heterocycles. The fourth-order valence-electron chi connectivity index (χ4n) is 1.35. The van der Waals surface area contributed by atoms with Crippen LogP contribution < -0.4 is 11.1 Å². The van der Waals surface area contributed by atoms with Crippen LogP contribution in [0, 0.1) is 0 Å². The van der Waals surface area contributed by atoms with Crippen LogP contribution in [0.2, 0.25) is 0 Å². The van der Waals surface area contributed by atoms with Crippen molar-refractivity contribution in [3.05, 3.63) is 0 Å². The molecule has 0 aromatic carbocycles. The van der Waals surface area contributed by atoms with Crippen LogP contribution in [0.4, 0.5) is 0 Å². The minimum Gasteiger partial charge on any atom is -0.354 e. The Balaban J connectivity index is 4.04. The summed E-state index contributed by atoms with van der Waals surface area (Å²) in [5.41, 5.74) is 5.67. The van der Waals surface area contributed by atoms with E-state index in [0.717, 1.165) is 6.42 Å². The Kier molecular flexibility index (Phi) is 7.29. The highest BCUT2D eigenvalue weighted by Gasteiger charge is 2.20. The molecule has 0 aliphatic rings. The predicted octanol–water partition coefficient (Wildman–Crippen LogP) is 0.237. The Hall–Kier alpha value is -0.650. The standard InChI is InChI=1S/C10H22N2O3/c1-5-6-8(11)9(13)12-7(2)10(14-3)15-4/h7-8,10H,5-6,11H2,1-4H3,(H,12,13)/t7?,8-/m0/s1. The molecule has 0 rings (SSSR count). The van der Waals surface area contributed by atoms with E-state index in [1.807, 2.05) is 13.8 Å². The quantitative estimate of drug-likeness (QED) is 0.600. The second kappa shape index (κ2) is 7.62. The fourth-order valence-corrected chi connectivity index (χ4v) is 1.35. The third kappa shape index (κ3) is 5.11. The highest BCUT2D eigenvalue weighted by molar-refractivity contribution is 5.81. The minimum absolute atomic E-state index is 0.163. The third-order valence-electron chi connectivity index (χ3n) is 2.18. The Morgan fingerprint density at radius 3 is 2.33 bits per heavy atom. The number of amides is 1. The number of hydrogen-bond donors (Lipinski definition) is 2. The zero-order chi connectivity index (χ0) is 11.8. The van der Waals surface area contributed by atoms with Gasteiger partial charge in [-0.1, -0.05) is 13.3 Å². The molecule has 1 amide bonds. The number of carbonyl (C=O) groups excluding carboxylic acids is 1. The molecule has 0 saturated heterocycles. The number of hydrogen-bond acceptors (Lipinski definition) is 4. The molecule has 0 aliphatic carbocycles. The molecule has 2 atom stereocenters. The molecule has 5 heteroatoms. The van der Waals surface area contributed by atoms with E-state index in [2.05, 4.69) is 5.32 Å². The normalized spacial score (nSPS) is 15.1. The molecule has 3 N–H and O–H groups in total. The number of ether oxygens (including phenoxy) is 2. The van der Waals surface area contributed by atoms with E-state index >= 15 is 0 Å². The van der Waals surface area contributed by atoms with Crippen molar-refractivity contribution in [2.24, 2.45) is 5.73 Å². The van der Waals surface area contributed by atoms with Crippen LogP contribution in [0.5, 0.6) is 0 Å². The summed E-state index contributed by atoms with van der Waals surface area (Å²) in [6.45, 7) is 3.80. The van der Waals surface area contributed by atoms with Crippen LogP contribution in [0.1, 0.15) is 26.7 Å². The lowest BCUT2D eigenvalue weighted by atomic mass is 10.1. The maximum Gasteiger partial charge on any atom is 0.237 e. The maximum atomic E-state index is 11.5. The third-order valence-corrected chi connectivity index (χ3v) is 2.18. The number of rotatable bonds is 7. The molecule has 0 aromatic rings. The molecule has 15 heavy (non-hydrogen) atoms. The highest BCUT2D eigenvalue weighted by atomic mass is 16.7. The Bertz CT molecular complexity index is 184. The van der Waals surface area contributed by atoms with Gasteiger partial charge in [0.2, 0.25) is 5.91 Å². The molecule has 0 spiro atoms. The largest absolute Gasteiger partial charge is 0.354 e. The van der Waals surface area contributed by atoms with Gasteiger partial charge in [-0.2, -0.15) is 0 Å². The summed E-state index contributed by atoms with van der Waals surface area (Å²) in [5, 5.41) is 2.75. The van der Waals surface area contributed by atoms with Gasteiger partial charge in [-0.15, -0.1) is 0 Å². The lowest BCUT2D eigenvalue weighted by Gasteiger charge is -2.23. The van der Waals surface area contributed by atoms with Gasteiger partial charge in [-0.25, -0.2) is 0 Å². The summed E-state index contributed by atoms with van der Waals surface area (Å²) in [5.74, 6) is -0.163. The van der Waals surface area contributed by atoms with Gasteiger partial charge in [0.15, 0.2) is 6.29 Å².